The molecule has 50 heavy (non-hydrogen) atoms. The van der Waals surface area contributed by atoms with Crippen LogP contribution in [0.25, 0.3) is 0 Å². The van der Waals surface area contributed by atoms with Gasteiger partial charge in [0.15, 0.2) is 0 Å². The van der Waals surface area contributed by atoms with Gasteiger partial charge in [0.25, 0.3) is 0 Å². The van der Waals surface area contributed by atoms with Crippen LogP contribution in [0.2, 0.25) is 0 Å². The summed E-state index contributed by atoms with van der Waals surface area (Å²) in [6, 6.07) is -0.693. The predicted octanol–water partition coefficient (Wildman–Crippen LogP) is 12.2. The van der Waals surface area contributed by atoms with E-state index in [4.69, 9.17) is 4.74 Å². The maximum atomic E-state index is 13.1. The van der Waals surface area contributed by atoms with Gasteiger partial charge in [0.2, 0.25) is 5.91 Å². The van der Waals surface area contributed by atoms with Gasteiger partial charge in [-0.15, -0.1) is 0 Å². The fourth-order valence-electron chi connectivity index (χ4n) is 6.72. The maximum Gasteiger partial charge on any atom is 0.306 e. The highest BCUT2D eigenvalue weighted by Crippen LogP contribution is 2.17. The Hall–Kier alpha value is -1.40. The molecule has 3 atom stereocenters. The highest BCUT2D eigenvalue weighted by molar-refractivity contribution is 5.77. The molecule has 3 unspecified atom stereocenters. The fourth-order valence-corrected chi connectivity index (χ4v) is 6.72. The first-order valence-corrected chi connectivity index (χ1v) is 21.9. The average Bonchev–Trinajstić information content (AvgIpc) is 3.10. The smallest absolute Gasteiger partial charge is 0.306 e. The van der Waals surface area contributed by atoms with Crippen LogP contribution in [0.1, 0.15) is 233 Å². The molecule has 0 saturated carbocycles. The average molecular weight is 708 g/mol. The number of aliphatic hydroxyl groups excluding tert-OH is 2. The van der Waals surface area contributed by atoms with Crippen LogP contribution in [-0.2, 0) is 14.3 Å². The first kappa shape index (κ1) is 48.6. The van der Waals surface area contributed by atoms with E-state index in [9.17, 15) is 19.8 Å². The van der Waals surface area contributed by atoms with Gasteiger partial charge in [-0.05, 0) is 51.4 Å². The zero-order valence-corrected chi connectivity index (χ0v) is 33.5. The lowest BCUT2D eigenvalue weighted by atomic mass is 10.0. The third-order valence-corrected chi connectivity index (χ3v) is 10.1. The molecule has 3 N–H and O–H groups in total. The van der Waals surface area contributed by atoms with E-state index in [1.165, 1.54) is 135 Å². The van der Waals surface area contributed by atoms with Crippen LogP contribution < -0.4 is 5.32 Å². The molecule has 6 nitrogen and oxygen atoms in total. The standard InChI is InChI=1S/C44H85NO5/c1-4-7-10-13-16-19-21-22-25-28-31-34-37-44(49)50-40(35-32-29-26-23-18-15-12-9-6-3)38-43(48)45-41(39-46)42(47)36-33-30-27-24-20-17-14-11-8-5-2/h16,19,40-42,46-47H,4-15,17-18,20-39H2,1-3H3,(H,45,48)/b19-16-. The number of amides is 1. The molecule has 0 saturated heterocycles. The van der Waals surface area contributed by atoms with Crippen molar-refractivity contribution in [1.29, 1.82) is 0 Å². The monoisotopic (exact) mass is 708 g/mol. The van der Waals surface area contributed by atoms with E-state index in [1.807, 2.05) is 0 Å². The summed E-state index contributed by atoms with van der Waals surface area (Å²) in [5.41, 5.74) is 0. The molecule has 6 heteroatoms. The molecule has 0 fully saturated rings. The minimum atomic E-state index is -0.780. The SMILES string of the molecule is CCCCC/C=C\CCCCCCCC(=O)OC(CCCCCCCCCCC)CC(=O)NC(CO)C(O)CCCCCCCCCCCC. The van der Waals surface area contributed by atoms with Crippen LogP contribution >= 0.6 is 0 Å². The van der Waals surface area contributed by atoms with E-state index in [0.29, 0.717) is 19.3 Å². The second-order valence-corrected chi connectivity index (χ2v) is 15.1. The highest BCUT2D eigenvalue weighted by Gasteiger charge is 2.24. The molecule has 0 radical (unpaired) electrons. The molecule has 0 aromatic heterocycles. The number of nitrogens with one attached hydrogen (secondary N) is 1. The van der Waals surface area contributed by atoms with Crippen molar-refractivity contribution < 1.29 is 24.5 Å². The normalized spacial score (nSPS) is 13.5. The molecule has 0 spiro atoms. The Morgan fingerprint density at radius 2 is 0.960 bits per heavy atom. The number of allylic oxidation sites excluding steroid dienone is 2. The van der Waals surface area contributed by atoms with Crippen molar-refractivity contribution in [3.05, 3.63) is 12.2 Å². The van der Waals surface area contributed by atoms with Gasteiger partial charge >= 0.3 is 5.97 Å². The minimum Gasteiger partial charge on any atom is -0.462 e. The van der Waals surface area contributed by atoms with E-state index in [0.717, 1.165) is 51.4 Å². The summed E-state index contributed by atoms with van der Waals surface area (Å²) in [6.07, 6.45) is 39.8. The van der Waals surface area contributed by atoms with Crippen molar-refractivity contribution >= 4 is 11.9 Å². The minimum absolute atomic E-state index is 0.0796. The summed E-state index contributed by atoms with van der Waals surface area (Å²) in [5, 5.41) is 23.5. The Labute approximate surface area is 310 Å². The Morgan fingerprint density at radius 1 is 0.560 bits per heavy atom. The number of carbonyl (C=O) groups is 2. The van der Waals surface area contributed by atoms with E-state index in [1.54, 1.807) is 0 Å². The number of rotatable bonds is 39. The Balaban J connectivity index is 4.55. The number of aliphatic hydroxyl groups is 2. The lowest BCUT2D eigenvalue weighted by molar-refractivity contribution is -0.151. The van der Waals surface area contributed by atoms with Crippen molar-refractivity contribution in [3.8, 4) is 0 Å². The molecule has 0 aliphatic rings. The molecule has 296 valence electrons. The van der Waals surface area contributed by atoms with Gasteiger partial charge in [-0.3, -0.25) is 9.59 Å². The molecule has 0 heterocycles. The largest absolute Gasteiger partial charge is 0.462 e. The summed E-state index contributed by atoms with van der Waals surface area (Å²) in [6.45, 7) is 6.42. The number of unbranched alkanes of at least 4 members (excludes halogenated alkanes) is 25. The molecule has 0 aliphatic heterocycles. The van der Waals surface area contributed by atoms with Gasteiger partial charge in [-0.1, -0.05) is 181 Å². The zero-order chi connectivity index (χ0) is 36.8. The van der Waals surface area contributed by atoms with E-state index in [-0.39, 0.29) is 24.9 Å². The molecule has 0 rings (SSSR count). The first-order chi connectivity index (χ1) is 24.5. The van der Waals surface area contributed by atoms with Crippen LogP contribution in [0.4, 0.5) is 0 Å². The molecule has 1 amide bonds. The fraction of sp³-hybridized carbons (Fsp3) is 0.909. The second kappa shape index (κ2) is 38.8. The Bertz CT molecular complexity index is 757. The molecule has 0 aromatic rings. The van der Waals surface area contributed by atoms with Crippen LogP contribution in [0, 0.1) is 0 Å². The molecule has 0 aromatic carbocycles. The van der Waals surface area contributed by atoms with Gasteiger partial charge in [-0.25, -0.2) is 0 Å². The summed E-state index contributed by atoms with van der Waals surface area (Å²) in [5.74, 6) is -0.479. The molecule has 0 bridgehead atoms. The lowest BCUT2D eigenvalue weighted by Crippen LogP contribution is -2.46. The lowest BCUT2D eigenvalue weighted by Gasteiger charge is -2.24. The Kier molecular flexibility index (Phi) is 37.7. The van der Waals surface area contributed by atoms with E-state index < -0.39 is 18.2 Å². The quantitative estimate of drug-likeness (QED) is 0.0336. The van der Waals surface area contributed by atoms with Crippen molar-refractivity contribution in [2.45, 2.75) is 251 Å². The van der Waals surface area contributed by atoms with Crippen LogP contribution in [-0.4, -0.2) is 46.9 Å². The van der Waals surface area contributed by atoms with Gasteiger partial charge in [-0.2, -0.15) is 0 Å². The zero-order valence-electron chi connectivity index (χ0n) is 33.5. The van der Waals surface area contributed by atoms with Gasteiger partial charge in [0, 0.05) is 6.42 Å². The number of ether oxygens (including phenoxy) is 1. The Morgan fingerprint density at radius 3 is 1.46 bits per heavy atom. The highest BCUT2D eigenvalue weighted by atomic mass is 16.5. The van der Waals surface area contributed by atoms with E-state index >= 15 is 0 Å². The number of hydrogen-bond donors (Lipinski definition) is 3. The predicted molar refractivity (Wildman–Crippen MR) is 213 cm³/mol. The molecular weight excluding hydrogens is 622 g/mol. The van der Waals surface area contributed by atoms with Crippen LogP contribution in [0.5, 0.6) is 0 Å². The van der Waals surface area contributed by atoms with Crippen molar-refractivity contribution in [2.75, 3.05) is 6.61 Å². The van der Waals surface area contributed by atoms with Gasteiger partial charge in [0.1, 0.15) is 6.10 Å². The number of carbonyl (C=O) groups excluding carboxylic acids is 2. The topological polar surface area (TPSA) is 95.9 Å². The molecular formula is C44H85NO5. The molecule has 0 aliphatic carbocycles. The third kappa shape index (κ3) is 33.7. The van der Waals surface area contributed by atoms with Crippen molar-refractivity contribution in [1.82, 2.24) is 5.32 Å². The van der Waals surface area contributed by atoms with Gasteiger partial charge in [0.05, 0.1) is 25.2 Å². The maximum absolute atomic E-state index is 13.1. The van der Waals surface area contributed by atoms with Crippen molar-refractivity contribution in [3.63, 3.8) is 0 Å². The number of hydrogen-bond acceptors (Lipinski definition) is 5. The summed E-state index contributed by atoms with van der Waals surface area (Å²) in [7, 11) is 0. The van der Waals surface area contributed by atoms with Gasteiger partial charge < -0.3 is 20.3 Å². The first-order valence-electron chi connectivity index (χ1n) is 21.9. The van der Waals surface area contributed by atoms with E-state index in [2.05, 4.69) is 38.2 Å². The van der Waals surface area contributed by atoms with Crippen molar-refractivity contribution in [2.24, 2.45) is 0 Å². The summed E-state index contributed by atoms with van der Waals surface area (Å²) < 4.78 is 5.87. The number of esters is 1. The summed E-state index contributed by atoms with van der Waals surface area (Å²) in [4.78, 5) is 25.8. The second-order valence-electron chi connectivity index (χ2n) is 15.1. The third-order valence-electron chi connectivity index (χ3n) is 10.1. The summed E-state index contributed by atoms with van der Waals surface area (Å²) >= 11 is 0. The van der Waals surface area contributed by atoms with Crippen LogP contribution in [0.15, 0.2) is 12.2 Å². The van der Waals surface area contributed by atoms with Crippen LogP contribution in [0.3, 0.4) is 0 Å².